The van der Waals surface area contributed by atoms with E-state index in [1.165, 1.54) is 30.0 Å². The van der Waals surface area contributed by atoms with Crippen molar-refractivity contribution in [2.45, 2.75) is 37.1 Å². The zero-order valence-corrected chi connectivity index (χ0v) is 18.9. The predicted octanol–water partition coefficient (Wildman–Crippen LogP) is 4.34. The van der Waals surface area contributed by atoms with Crippen LogP contribution in [-0.4, -0.2) is 28.5 Å². The van der Waals surface area contributed by atoms with Crippen molar-refractivity contribution in [1.82, 2.24) is 9.97 Å². The lowest BCUT2D eigenvalue weighted by atomic mass is 10.2. The van der Waals surface area contributed by atoms with Gasteiger partial charge in [0.1, 0.15) is 5.82 Å². The minimum absolute atomic E-state index is 0.0885. The van der Waals surface area contributed by atoms with Crippen LogP contribution in [0.1, 0.15) is 41.4 Å². The van der Waals surface area contributed by atoms with E-state index >= 15 is 0 Å². The molecule has 0 spiro atoms. The predicted molar refractivity (Wildman–Crippen MR) is 125 cm³/mol. The summed E-state index contributed by atoms with van der Waals surface area (Å²) in [5, 5.41) is 3.10. The SMILES string of the molecule is CCCCOC(=O)c1ccc(NC(=O)Cc2cc(=O)[nH]c(SCc3ccc(F)cc3)n2)cc1. The lowest BCUT2D eigenvalue weighted by Gasteiger charge is -2.08. The van der Waals surface area contributed by atoms with Gasteiger partial charge in [-0.25, -0.2) is 14.2 Å². The van der Waals surface area contributed by atoms with E-state index in [-0.39, 0.29) is 23.7 Å². The molecule has 0 atom stereocenters. The number of amides is 1. The standard InChI is InChI=1S/C24H24FN3O4S/c1-2-3-12-32-23(31)17-6-10-19(11-7-17)26-21(29)13-20-14-22(30)28-24(27-20)33-15-16-4-8-18(25)9-5-16/h4-11,14H,2-3,12-13,15H2,1H3,(H,26,29)(H,27,28,30). The fourth-order valence-electron chi connectivity index (χ4n) is 2.83. The summed E-state index contributed by atoms with van der Waals surface area (Å²) in [5.74, 6) is -0.572. The van der Waals surface area contributed by atoms with E-state index < -0.39 is 5.97 Å². The van der Waals surface area contributed by atoms with Crippen LogP contribution in [0.3, 0.4) is 0 Å². The Bertz CT molecular complexity index is 1150. The molecule has 2 N–H and O–H groups in total. The highest BCUT2D eigenvalue weighted by Gasteiger charge is 2.11. The number of carbonyl (C=O) groups is 2. The quantitative estimate of drug-likeness (QED) is 0.198. The number of anilines is 1. The molecule has 0 unspecified atom stereocenters. The van der Waals surface area contributed by atoms with Gasteiger partial charge in [-0.3, -0.25) is 9.59 Å². The molecule has 7 nitrogen and oxygen atoms in total. The fourth-order valence-corrected chi connectivity index (χ4v) is 3.68. The first-order valence-electron chi connectivity index (χ1n) is 10.5. The molecule has 3 rings (SSSR count). The van der Waals surface area contributed by atoms with Gasteiger partial charge in [0.05, 0.1) is 24.3 Å². The molecule has 0 aliphatic rings. The Balaban J connectivity index is 1.55. The van der Waals surface area contributed by atoms with E-state index in [0.717, 1.165) is 18.4 Å². The molecule has 1 aromatic heterocycles. The van der Waals surface area contributed by atoms with Crippen molar-refractivity contribution in [2.24, 2.45) is 0 Å². The lowest BCUT2D eigenvalue weighted by molar-refractivity contribution is -0.115. The maximum atomic E-state index is 13.0. The molecule has 0 saturated carbocycles. The van der Waals surface area contributed by atoms with E-state index in [0.29, 0.717) is 34.5 Å². The minimum Gasteiger partial charge on any atom is -0.462 e. The van der Waals surface area contributed by atoms with Crippen molar-refractivity contribution in [3.05, 3.63) is 87.6 Å². The molecule has 0 aliphatic carbocycles. The average molecular weight is 470 g/mol. The molecule has 2 aromatic carbocycles. The number of aromatic amines is 1. The molecule has 33 heavy (non-hydrogen) atoms. The normalized spacial score (nSPS) is 10.6. The van der Waals surface area contributed by atoms with Crippen molar-refractivity contribution >= 4 is 29.3 Å². The summed E-state index contributed by atoms with van der Waals surface area (Å²) < 4.78 is 18.2. The van der Waals surface area contributed by atoms with Crippen LogP contribution in [0, 0.1) is 5.82 Å². The average Bonchev–Trinajstić information content (AvgIpc) is 2.79. The third-order valence-electron chi connectivity index (χ3n) is 4.54. The van der Waals surface area contributed by atoms with Crippen molar-refractivity contribution in [3.63, 3.8) is 0 Å². The van der Waals surface area contributed by atoms with Crippen LogP contribution in [0.25, 0.3) is 0 Å². The molecule has 0 bridgehead atoms. The highest BCUT2D eigenvalue weighted by molar-refractivity contribution is 7.98. The molecule has 0 radical (unpaired) electrons. The third-order valence-corrected chi connectivity index (χ3v) is 5.48. The van der Waals surface area contributed by atoms with E-state index in [1.54, 1.807) is 36.4 Å². The number of hydrogen-bond donors (Lipinski definition) is 2. The summed E-state index contributed by atoms with van der Waals surface area (Å²) in [5.41, 5.74) is 1.77. The van der Waals surface area contributed by atoms with Crippen LogP contribution in [0.15, 0.2) is 64.5 Å². The van der Waals surface area contributed by atoms with Crippen LogP contribution < -0.4 is 10.9 Å². The molecule has 0 saturated heterocycles. The van der Waals surface area contributed by atoms with Gasteiger partial charge >= 0.3 is 5.97 Å². The molecule has 0 aliphatic heterocycles. The fraction of sp³-hybridized carbons (Fsp3) is 0.250. The summed E-state index contributed by atoms with van der Waals surface area (Å²) in [6, 6.07) is 13.7. The molecular weight excluding hydrogens is 445 g/mol. The number of unbranched alkanes of at least 4 members (excludes halogenated alkanes) is 1. The Morgan fingerprint density at radius 3 is 2.55 bits per heavy atom. The Labute approximate surface area is 194 Å². The first-order chi connectivity index (χ1) is 15.9. The smallest absolute Gasteiger partial charge is 0.338 e. The summed E-state index contributed by atoms with van der Waals surface area (Å²) in [4.78, 5) is 43.3. The number of aromatic nitrogens is 2. The second kappa shape index (κ2) is 12.0. The number of halogens is 1. The van der Waals surface area contributed by atoms with Gasteiger partial charge in [0.2, 0.25) is 5.91 Å². The number of ether oxygens (including phenoxy) is 1. The Kier molecular flexibility index (Phi) is 8.77. The number of H-pyrrole nitrogens is 1. The maximum Gasteiger partial charge on any atom is 0.338 e. The highest BCUT2D eigenvalue weighted by atomic mass is 32.2. The van der Waals surface area contributed by atoms with Crippen LogP contribution in [0.2, 0.25) is 0 Å². The number of esters is 1. The van der Waals surface area contributed by atoms with E-state index in [2.05, 4.69) is 15.3 Å². The third kappa shape index (κ3) is 7.87. The number of nitrogens with one attached hydrogen (secondary N) is 2. The molecule has 1 heterocycles. The van der Waals surface area contributed by atoms with Gasteiger partial charge in [-0.05, 0) is 48.4 Å². The number of rotatable bonds is 10. The second-order valence-electron chi connectivity index (χ2n) is 7.25. The van der Waals surface area contributed by atoms with Gasteiger partial charge < -0.3 is 15.0 Å². The van der Waals surface area contributed by atoms with E-state index in [1.807, 2.05) is 6.92 Å². The van der Waals surface area contributed by atoms with E-state index in [9.17, 15) is 18.8 Å². The highest BCUT2D eigenvalue weighted by Crippen LogP contribution is 2.19. The lowest BCUT2D eigenvalue weighted by Crippen LogP contribution is -2.18. The van der Waals surface area contributed by atoms with Gasteiger partial charge in [0.15, 0.2) is 5.16 Å². The summed E-state index contributed by atoms with van der Waals surface area (Å²) in [6.45, 7) is 2.39. The first kappa shape index (κ1) is 24.2. The number of carbonyl (C=O) groups excluding carboxylic acids is 2. The van der Waals surface area contributed by atoms with Gasteiger partial charge in [0, 0.05) is 17.5 Å². The van der Waals surface area contributed by atoms with Crippen molar-refractivity contribution in [3.8, 4) is 0 Å². The molecular formula is C24H24FN3O4S. The largest absolute Gasteiger partial charge is 0.462 e. The zero-order chi connectivity index (χ0) is 23.6. The topological polar surface area (TPSA) is 101 Å². The molecule has 0 fully saturated rings. The van der Waals surface area contributed by atoms with E-state index in [4.69, 9.17) is 4.74 Å². The van der Waals surface area contributed by atoms with Crippen molar-refractivity contribution in [2.75, 3.05) is 11.9 Å². The van der Waals surface area contributed by atoms with Gasteiger partial charge in [-0.2, -0.15) is 0 Å². The summed E-state index contributed by atoms with van der Waals surface area (Å²) in [7, 11) is 0. The minimum atomic E-state index is -0.403. The number of nitrogens with zero attached hydrogens (tertiary/aromatic N) is 1. The van der Waals surface area contributed by atoms with Gasteiger partial charge in [-0.15, -0.1) is 0 Å². The first-order valence-corrected chi connectivity index (χ1v) is 11.5. The molecule has 172 valence electrons. The zero-order valence-electron chi connectivity index (χ0n) is 18.1. The number of benzene rings is 2. The van der Waals surface area contributed by atoms with Crippen molar-refractivity contribution < 1.29 is 18.7 Å². The summed E-state index contributed by atoms with van der Waals surface area (Å²) >= 11 is 1.29. The second-order valence-corrected chi connectivity index (χ2v) is 8.21. The molecule has 3 aromatic rings. The number of hydrogen-bond acceptors (Lipinski definition) is 6. The number of thioether (sulfide) groups is 1. The molecule has 9 heteroatoms. The summed E-state index contributed by atoms with van der Waals surface area (Å²) in [6.07, 6.45) is 1.66. The van der Waals surface area contributed by atoms with Crippen molar-refractivity contribution in [1.29, 1.82) is 0 Å². The van der Waals surface area contributed by atoms with Crippen LogP contribution >= 0.6 is 11.8 Å². The maximum absolute atomic E-state index is 13.0. The van der Waals surface area contributed by atoms with Crippen LogP contribution in [-0.2, 0) is 21.7 Å². The Hall–Kier alpha value is -3.46. The Morgan fingerprint density at radius 2 is 1.85 bits per heavy atom. The monoisotopic (exact) mass is 469 g/mol. The van der Waals surface area contributed by atoms with Gasteiger partial charge in [-0.1, -0.05) is 37.2 Å². The Morgan fingerprint density at radius 1 is 1.12 bits per heavy atom. The van der Waals surface area contributed by atoms with Gasteiger partial charge in [0.25, 0.3) is 5.56 Å². The van der Waals surface area contributed by atoms with Crippen LogP contribution in [0.5, 0.6) is 0 Å². The van der Waals surface area contributed by atoms with Crippen LogP contribution in [0.4, 0.5) is 10.1 Å². The molecule has 1 amide bonds.